The summed E-state index contributed by atoms with van der Waals surface area (Å²) < 4.78 is 0. The third-order valence-electron chi connectivity index (χ3n) is 6.64. The van der Waals surface area contributed by atoms with Gasteiger partial charge in [-0.3, -0.25) is 9.78 Å². The number of amides is 1. The van der Waals surface area contributed by atoms with Gasteiger partial charge < -0.3 is 9.80 Å². The molecule has 1 atom stereocenters. The SMILES string of the molecule is Cc1cnc(C(=O)N2CCCC[C@@H]2c2nc(C)c3c(n2)N(Cc2ccccc2)CCC3)cn1. The summed E-state index contributed by atoms with van der Waals surface area (Å²) in [5.74, 6) is 1.69. The van der Waals surface area contributed by atoms with E-state index in [0.717, 1.165) is 68.2 Å². The van der Waals surface area contributed by atoms with Crippen molar-refractivity contribution in [2.45, 2.75) is 58.5 Å². The van der Waals surface area contributed by atoms with Crippen LogP contribution in [-0.2, 0) is 13.0 Å². The Bertz CT molecular complexity index is 1130. The van der Waals surface area contributed by atoms with Gasteiger partial charge in [-0.25, -0.2) is 15.0 Å². The van der Waals surface area contributed by atoms with Crippen LogP contribution in [0.25, 0.3) is 0 Å². The van der Waals surface area contributed by atoms with Crippen LogP contribution < -0.4 is 4.90 Å². The van der Waals surface area contributed by atoms with Crippen LogP contribution in [0.3, 0.4) is 0 Å². The van der Waals surface area contributed by atoms with Gasteiger partial charge >= 0.3 is 0 Å². The average molecular weight is 443 g/mol. The molecule has 2 aliphatic rings. The zero-order chi connectivity index (χ0) is 22.8. The van der Waals surface area contributed by atoms with Crippen molar-refractivity contribution in [2.75, 3.05) is 18.0 Å². The second-order valence-corrected chi connectivity index (χ2v) is 9.03. The Hall–Kier alpha value is -3.35. The molecule has 4 heterocycles. The van der Waals surface area contributed by atoms with Gasteiger partial charge in [0.2, 0.25) is 0 Å². The summed E-state index contributed by atoms with van der Waals surface area (Å²) in [5.41, 5.74) is 4.72. The summed E-state index contributed by atoms with van der Waals surface area (Å²) in [5, 5.41) is 0. The normalized spacial score (nSPS) is 18.2. The van der Waals surface area contributed by atoms with Crippen molar-refractivity contribution in [1.82, 2.24) is 24.8 Å². The molecule has 0 saturated carbocycles. The number of hydrogen-bond donors (Lipinski definition) is 0. The molecule has 1 aromatic carbocycles. The first-order valence-corrected chi connectivity index (χ1v) is 11.9. The van der Waals surface area contributed by atoms with E-state index in [0.29, 0.717) is 12.2 Å². The highest BCUT2D eigenvalue weighted by Gasteiger charge is 2.33. The molecule has 0 spiro atoms. The third kappa shape index (κ3) is 4.45. The van der Waals surface area contributed by atoms with Crippen LogP contribution in [0.4, 0.5) is 5.82 Å². The fraction of sp³-hybridized carbons (Fsp3) is 0.423. The molecular weight excluding hydrogens is 412 g/mol. The van der Waals surface area contributed by atoms with Gasteiger partial charge in [-0.1, -0.05) is 30.3 Å². The first kappa shape index (κ1) is 21.5. The monoisotopic (exact) mass is 442 g/mol. The van der Waals surface area contributed by atoms with Crippen molar-refractivity contribution >= 4 is 11.7 Å². The zero-order valence-electron chi connectivity index (χ0n) is 19.4. The van der Waals surface area contributed by atoms with E-state index < -0.39 is 0 Å². The van der Waals surface area contributed by atoms with Gasteiger partial charge in [0, 0.05) is 37.1 Å². The number of carbonyl (C=O) groups is 1. The molecule has 170 valence electrons. The Kier molecular flexibility index (Phi) is 6.03. The van der Waals surface area contributed by atoms with E-state index in [4.69, 9.17) is 9.97 Å². The highest BCUT2D eigenvalue weighted by atomic mass is 16.2. The number of nitrogens with zero attached hydrogens (tertiary/aromatic N) is 6. The summed E-state index contributed by atoms with van der Waals surface area (Å²) >= 11 is 0. The lowest BCUT2D eigenvalue weighted by atomic mass is 9.99. The number of piperidine rings is 1. The minimum atomic E-state index is -0.140. The molecule has 1 saturated heterocycles. The number of anilines is 1. The summed E-state index contributed by atoms with van der Waals surface area (Å²) in [6.45, 7) is 6.44. The Morgan fingerprint density at radius 2 is 1.85 bits per heavy atom. The number of rotatable bonds is 4. The van der Waals surface area contributed by atoms with Crippen LogP contribution in [0.2, 0.25) is 0 Å². The van der Waals surface area contributed by atoms with Crippen molar-refractivity contribution in [3.63, 3.8) is 0 Å². The zero-order valence-corrected chi connectivity index (χ0v) is 19.4. The minimum Gasteiger partial charge on any atom is -0.352 e. The maximum Gasteiger partial charge on any atom is 0.274 e. The first-order chi connectivity index (χ1) is 16.1. The largest absolute Gasteiger partial charge is 0.352 e. The van der Waals surface area contributed by atoms with Gasteiger partial charge in [0.25, 0.3) is 5.91 Å². The molecule has 7 heteroatoms. The molecule has 0 unspecified atom stereocenters. The predicted molar refractivity (Wildman–Crippen MR) is 127 cm³/mol. The molecule has 0 radical (unpaired) electrons. The lowest BCUT2D eigenvalue weighted by molar-refractivity contribution is 0.0593. The van der Waals surface area contributed by atoms with E-state index in [1.807, 2.05) is 17.9 Å². The topological polar surface area (TPSA) is 75.1 Å². The molecule has 33 heavy (non-hydrogen) atoms. The van der Waals surface area contributed by atoms with Gasteiger partial charge in [-0.2, -0.15) is 0 Å². The molecule has 1 amide bonds. The molecule has 5 rings (SSSR count). The van der Waals surface area contributed by atoms with Crippen molar-refractivity contribution in [1.29, 1.82) is 0 Å². The fourth-order valence-electron chi connectivity index (χ4n) is 4.91. The fourth-order valence-corrected chi connectivity index (χ4v) is 4.91. The summed E-state index contributed by atoms with van der Waals surface area (Å²) in [4.78, 5) is 36.2. The number of benzene rings is 1. The Balaban J connectivity index is 1.47. The van der Waals surface area contributed by atoms with Gasteiger partial charge in [0.1, 0.15) is 11.5 Å². The lowest BCUT2D eigenvalue weighted by Gasteiger charge is -2.36. The van der Waals surface area contributed by atoms with Crippen LogP contribution >= 0.6 is 0 Å². The molecule has 3 aromatic rings. The number of aryl methyl sites for hydroxylation is 2. The van der Waals surface area contributed by atoms with Crippen LogP contribution in [0.1, 0.15) is 70.6 Å². The van der Waals surface area contributed by atoms with Gasteiger partial charge in [-0.05, 0) is 51.5 Å². The van der Waals surface area contributed by atoms with Crippen LogP contribution in [-0.4, -0.2) is 43.8 Å². The average Bonchev–Trinajstić information content (AvgIpc) is 2.85. The van der Waals surface area contributed by atoms with E-state index in [9.17, 15) is 4.79 Å². The maximum atomic E-state index is 13.3. The quantitative estimate of drug-likeness (QED) is 0.603. The molecule has 0 aliphatic carbocycles. The van der Waals surface area contributed by atoms with E-state index >= 15 is 0 Å². The summed E-state index contributed by atoms with van der Waals surface area (Å²) in [7, 11) is 0. The highest BCUT2D eigenvalue weighted by molar-refractivity contribution is 5.92. The second-order valence-electron chi connectivity index (χ2n) is 9.03. The molecule has 0 N–H and O–H groups in total. The van der Waals surface area contributed by atoms with E-state index in [2.05, 4.69) is 46.1 Å². The van der Waals surface area contributed by atoms with Crippen molar-refractivity contribution in [3.8, 4) is 0 Å². The minimum absolute atomic E-state index is 0.0904. The van der Waals surface area contributed by atoms with Gasteiger partial charge in [0.05, 0.1) is 17.9 Å². The van der Waals surface area contributed by atoms with Crippen molar-refractivity contribution < 1.29 is 4.79 Å². The van der Waals surface area contributed by atoms with Crippen LogP contribution in [0.15, 0.2) is 42.7 Å². The molecular formula is C26H30N6O. The standard InChI is InChI=1S/C26H30N6O/c1-18-15-28-22(16-27-18)26(33)32-14-7-6-12-23(32)24-29-19(2)21-11-8-13-31(25(21)30-24)17-20-9-4-3-5-10-20/h3-5,9-10,15-16,23H,6-8,11-14,17H2,1-2H3/t23-/m1/s1. The van der Waals surface area contributed by atoms with Gasteiger partial charge in [-0.15, -0.1) is 0 Å². The number of carbonyl (C=O) groups excluding carboxylic acids is 1. The number of hydrogen-bond acceptors (Lipinski definition) is 6. The number of fused-ring (bicyclic) bond motifs is 1. The van der Waals surface area contributed by atoms with Crippen LogP contribution in [0, 0.1) is 13.8 Å². The molecule has 2 aliphatic heterocycles. The van der Waals surface area contributed by atoms with E-state index in [-0.39, 0.29) is 11.9 Å². The predicted octanol–water partition coefficient (Wildman–Crippen LogP) is 4.20. The Morgan fingerprint density at radius 1 is 1.00 bits per heavy atom. The van der Waals surface area contributed by atoms with Crippen LogP contribution in [0.5, 0.6) is 0 Å². The Labute approximate surface area is 194 Å². The smallest absolute Gasteiger partial charge is 0.274 e. The Morgan fingerprint density at radius 3 is 2.64 bits per heavy atom. The number of likely N-dealkylation sites (tertiary alicyclic amines) is 1. The first-order valence-electron chi connectivity index (χ1n) is 11.9. The summed E-state index contributed by atoms with van der Waals surface area (Å²) in [6.07, 6.45) is 8.22. The third-order valence-corrected chi connectivity index (χ3v) is 6.64. The molecule has 2 aromatic heterocycles. The maximum absolute atomic E-state index is 13.3. The summed E-state index contributed by atoms with van der Waals surface area (Å²) in [6, 6.07) is 10.4. The van der Waals surface area contributed by atoms with Crippen molar-refractivity contribution in [3.05, 3.63) is 76.8 Å². The molecule has 7 nitrogen and oxygen atoms in total. The molecule has 0 bridgehead atoms. The van der Waals surface area contributed by atoms with Gasteiger partial charge in [0.15, 0.2) is 5.82 Å². The number of aromatic nitrogens is 4. The van der Waals surface area contributed by atoms with Crippen molar-refractivity contribution in [2.24, 2.45) is 0 Å². The van der Waals surface area contributed by atoms with E-state index in [1.165, 1.54) is 11.1 Å². The highest BCUT2D eigenvalue weighted by Crippen LogP contribution is 2.34. The second kappa shape index (κ2) is 9.25. The molecule has 1 fully saturated rings. The lowest BCUT2D eigenvalue weighted by Crippen LogP contribution is -2.40. The van der Waals surface area contributed by atoms with E-state index in [1.54, 1.807) is 12.4 Å².